The number of fused-ring (bicyclic) bond motifs is 1. The van der Waals surface area contributed by atoms with Gasteiger partial charge in [0.2, 0.25) is 5.91 Å². The maximum Gasteiger partial charge on any atom is 0.250 e. The van der Waals surface area contributed by atoms with Crippen LogP contribution < -0.4 is 11.5 Å². The third kappa shape index (κ3) is 5.17. The van der Waals surface area contributed by atoms with Crippen LogP contribution in [0.2, 0.25) is 0 Å². The van der Waals surface area contributed by atoms with Crippen LogP contribution in [0.4, 0.5) is 5.69 Å². The van der Waals surface area contributed by atoms with Gasteiger partial charge < -0.3 is 16.4 Å². The van der Waals surface area contributed by atoms with Crippen LogP contribution in [0.5, 0.6) is 0 Å². The van der Waals surface area contributed by atoms with Crippen molar-refractivity contribution in [3.8, 4) is 0 Å². The topological polar surface area (TPSA) is 103 Å². The Morgan fingerprint density at radius 2 is 1.96 bits per heavy atom. The van der Waals surface area contributed by atoms with Gasteiger partial charge >= 0.3 is 0 Å². The summed E-state index contributed by atoms with van der Waals surface area (Å²) in [6.07, 6.45) is 8.98. The first-order chi connectivity index (χ1) is 12.6. The molecule has 1 amide bonds. The van der Waals surface area contributed by atoms with Crippen LogP contribution in [-0.2, 0) is 11.3 Å². The summed E-state index contributed by atoms with van der Waals surface area (Å²) in [5, 5.41) is 4.44. The van der Waals surface area contributed by atoms with Gasteiger partial charge in [-0.25, -0.2) is 4.99 Å². The molecular weight excluding hydrogens is 328 g/mol. The fraction of sp³-hybridized carbons (Fsp3) is 0.632. The Morgan fingerprint density at radius 1 is 1.23 bits per heavy atom. The first kappa shape index (κ1) is 20.2. The zero-order chi connectivity index (χ0) is 18.9. The predicted molar refractivity (Wildman–Crippen MR) is 106 cm³/mol. The van der Waals surface area contributed by atoms with Crippen molar-refractivity contribution in [1.29, 1.82) is 0 Å². The van der Waals surface area contributed by atoms with Gasteiger partial charge in [-0.05, 0) is 38.3 Å². The summed E-state index contributed by atoms with van der Waals surface area (Å²) in [7, 11) is 0. The minimum atomic E-state index is 0.0515. The highest BCUT2D eigenvalue weighted by Gasteiger charge is 2.22. The number of hydrogen-bond donors (Lipinski definition) is 2. The van der Waals surface area contributed by atoms with Gasteiger partial charge in [0.15, 0.2) is 0 Å². The first-order valence-corrected chi connectivity index (χ1v) is 9.69. The van der Waals surface area contributed by atoms with E-state index in [2.05, 4.69) is 23.9 Å². The number of aryl methyl sites for hydroxylation is 1. The molecule has 0 saturated heterocycles. The third-order valence-electron chi connectivity index (χ3n) is 4.43. The first-order valence-electron chi connectivity index (χ1n) is 9.69. The van der Waals surface area contributed by atoms with E-state index in [0.29, 0.717) is 24.4 Å². The second-order valence-electron chi connectivity index (χ2n) is 6.73. The van der Waals surface area contributed by atoms with E-state index in [1.165, 1.54) is 0 Å². The molecular formula is C19H32N6O. The zero-order valence-electron chi connectivity index (χ0n) is 16.1. The molecule has 0 unspecified atom stereocenters. The molecule has 0 aromatic carbocycles. The lowest BCUT2D eigenvalue weighted by Crippen LogP contribution is -2.34. The second-order valence-corrected chi connectivity index (χ2v) is 6.73. The van der Waals surface area contributed by atoms with Crippen molar-refractivity contribution in [3.05, 3.63) is 17.5 Å². The fourth-order valence-corrected chi connectivity index (χ4v) is 3.18. The summed E-state index contributed by atoms with van der Waals surface area (Å²) < 4.78 is 1.92. The Balaban J connectivity index is 2.25. The number of aliphatic imine (C=N–C) groups is 1. The molecule has 1 aromatic heterocycles. The smallest absolute Gasteiger partial charge is 0.250 e. The van der Waals surface area contributed by atoms with Crippen LogP contribution in [0.1, 0.15) is 58.1 Å². The van der Waals surface area contributed by atoms with Crippen molar-refractivity contribution in [1.82, 2.24) is 14.7 Å². The highest BCUT2D eigenvalue weighted by Crippen LogP contribution is 2.27. The molecule has 0 radical (unpaired) electrons. The number of nitrogens with two attached hydrogens (primary N) is 2. The van der Waals surface area contributed by atoms with Gasteiger partial charge in [-0.3, -0.25) is 9.48 Å². The quantitative estimate of drug-likeness (QED) is 0.626. The minimum absolute atomic E-state index is 0.0515. The van der Waals surface area contributed by atoms with E-state index in [1.807, 2.05) is 15.7 Å². The number of amides is 1. The Labute approximate surface area is 156 Å². The van der Waals surface area contributed by atoms with Crippen LogP contribution >= 0.6 is 0 Å². The fourth-order valence-electron chi connectivity index (χ4n) is 3.18. The van der Waals surface area contributed by atoms with Crippen molar-refractivity contribution < 1.29 is 4.79 Å². The van der Waals surface area contributed by atoms with Crippen molar-refractivity contribution in [3.63, 3.8) is 0 Å². The monoisotopic (exact) mass is 360 g/mol. The van der Waals surface area contributed by atoms with Gasteiger partial charge in [0, 0.05) is 31.6 Å². The lowest BCUT2D eigenvalue weighted by atomic mass is 10.1. The van der Waals surface area contributed by atoms with E-state index in [4.69, 9.17) is 11.5 Å². The largest absolute Gasteiger partial charge is 0.387 e. The number of unbranched alkanes of at least 4 members (excludes halogenated alkanes) is 2. The number of carbonyl (C=O) groups excluding carboxylic acids is 1. The average molecular weight is 361 g/mol. The van der Waals surface area contributed by atoms with Crippen molar-refractivity contribution >= 4 is 23.5 Å². The molecule has 1 aromatic rings. The molecule has 144 valence electrons. The highest BCUT2D eigenvalue weighted by molar-refractivity contribution is 6.05. The van der Waals surface area contributed by atoms with E-state index in [-0.39, 0.29) is 5.91 Å². The molecule has 7 heteroatoms. The molecule has 0 aliphatic carbocycles. The van der Waals surface area contributed by atoms with Crippen LogP contribution in [0.25, 0.3) is 6.08 Å². The van der Waals surface area contributed by atoms with Gasteiger partial charge in [-0.1, -0.05) is 20.3 Å². The Hall–Kier alpha value is -2.15. The molecule has 0 spiro atoms. The molecule has 0 atom stereocenters. The summed E-state index contributed by atoms with van der Waals surface area (Å²) in [6.45, 7) is 7.18. The van der Waals surface area contributed by atoms with Crippen LogP contribution in [0, 0.1) is 0 Å². The lowest BCUT2D eigenvalue weighted by molar-refractivity contribution is -0.127. The normalized spacial score (nSPS) is 13.7. The number of hydrogen-bond acceptors (Lipinski definition) is 5. The lowest BCUT2D eigenvalue weighted by Gasteiger charge is -2.22. The molecule has 26 heavy (non-hydrogen) atoms. The van der Waals surface area contributed by atoms with Gasteiger partial charge in [0.1, 0.15) is 11.5 Å². The van der Waals surface area contributed by atoms with E-state index in [1.54, 1.807) is 6.20 Å². The molecule has 2 rings (SSSR count). The second kappa shape index (κ2) is 10.1. The summed E-state index contributed by atoms with van der Waals surface area (Å²) in [6, 6.07) is 0. The number of aromatic nitrogens is 2. The molecule has 0 fully saturated rings. The van der Waals surface area contributed by atoms with E-state index >= 15 is 0 Å². The maximum atomic E-state index is 13.0. The zero-order valence-corrected chi connectivity index (χ0v) is 16.1. The Kier molecular flexibility index (Phi) is 7.84. The minimum Gasteiger partial charge on any atom is -0.387 e. The summed E-state index contributed by atoms with van der Waals surface area (Å²) >= 11 is 0. The number of amidine groups is 1. The Morgan fingerprint density at radius 3 is 2.62 bits per heavy atom. The van der Waals surface area contributed by atoms with Crippen LogP contribution in [0.3, 0.4) is 0 Å². The van der Waals surface area contributed by atoms with Gasteiger partial charge in [-0.2, -0.15) is 5.10 Å². The third-order valence-corrected chi connectivity index (χ3v) is 4.43. The van der Waals surface area contributed by atoms with Crippen molar-refractivity contribution in [2.24, 2.45) is 16.5 Å². The molecule has 4 N–H and O–H groups in total. The van der Waals surface area contributed by atoms with Gasteiger partial charge in [0.25, 0.3) is 0 Å². The van der Waals surface area contributed by atoms with E-state index in [9.17, 15) is 4.79 Å². The molecule has 2 heterocycles. The van der Waals surface area contributed by atoms with Crippen LogP contribution in [0.15, 0.2) is 16.8 Å². The number of rotatable bonds is 10. The summed E-state index contributed by atoms with van der Waals surface area (Å²) in [5.74, 6) is 0.509. The summed E-state index contributed by atoms with van der Waals surface area (Å²) in [5.41, 5.74) is 13.9. The predicted octanol–water partition coefficient (Wildman–Crippen LogP) is 2.44. The average Bonchev–Trinajstić information content (AvgIpc) is 2.89. The highest BCUT2D eigenvalue weighted by atomic mass is 16.2. The molecule has 0 saturated carbocycles. The van der Waals surface area contributed by atoms with E-state index in [0.717, 1.165) is 63.1 Å². The van der Waals surface area contributed by atoms with Gasteiger partial charge in [-0.15, -0.1) is 0 Å². The van der Waals surface area contributed by atoms with Crippen molar-refractivity contribution in [2.45, 2.75) is 58.9 Å². The van der Waals surface area contributed by atoms with Gasteiger partial charge in [0.05, 0.1) is 11.9 Å². The van der Waals surface area contributed by atoms with Crippen molar-refractivity contribution in [2.75, 3.05) is 19.6 Å². The molecule has 7 nitrogen and oxygen atoms in total. The molecule has 1 aliphatic heterocycles. The number of carbonyl (C=O) groups is 1. The summed E-state index contributed by atoms with van der Waals surface area (Å²) in [4.78, 5) is 19.4. The maximum absolute atomic E-state index is 13.0. The standard InChI is InChI=1S/C19H32N6O/c1-3-9-24(10-4-2)19(26)15-12-17-16(23-18(21)13-15)14-22-25(17)11-7-5-6-8-20/h12,14H,3-11,13,20H2,1-2H3,(H2,21,23). The van der Waals surface area contributed by atoms with Crippen LogP contribution in [-0.4, -0.2) is 46.1 Å². The molecule has 1 aliphatic rings. The Bertz CT molecular complexity index is 655. The number of nitrogens with zero attached hydrogens (tertiary/aromatic N) is 4. The molecule has 0 bridgehead atoms. The SMILES string of the molecule is CCCN(CCC)C(=O)C1=Cc2c(cnn2CCCCCN)N=C(N)C1. The van der Waals surface area contributed by atoms with E-state index < -0.39 is 0 Å².